The van der Waals surface area contributed by atoms with Gasteiger partial charge in [0.15, 0.2) is 11.6 Å². The molecule has 0 radical (unpaired) electrons. The zero-order valence-corrected chi connectivity index (χ0v) is 8.86. The molecule has 1 aromatic carbocycles. The van der Waals surface area contributed by atoms with Crippen molar-refractivity contribution in [2.24, 2.45) is 0 Å². The smallest absolute Gasteiger partial charge is 0.186 e. The van der Waals surface area contributed by atoms with Gasteiger partial charge < -0.3 is 5.11 Å². The summed E-state index contributed by atoms with van der Waals surface area (Å²) in [4.78, 5) is 22.7. The van der Waals surface area contributed by atoms with Gasteiger partial charge in [0.1, 0.15) is 5.75 Å². The molecule has 0 aromatic heterocycles. The van der Waals surface area contributed by atoms with Gasteiger partial charge in [0, 0.05) is 16.2 Å². The van der Waals surface area contributed by atoms with Crippen LogP contribution >= 0.6 is 11.6 Å². The third-order valence-electron chi connectivity index (χ3n) is 2.19. The minimum absolute atomic E-state index is 0.00454. The van der Waals surface area contributed by atoms with Gasteiger partial charge in [-0.1, -0.05) is 11.6 Å². The van der Waals surface area contributed by atoms with Crippen LogP contribution in [-0.2, 0) is 9.59 Å². The molecule has 1 aliphatic rings. The highest BCUT2D eigenvalue weighted by Gasteiger charge is 2.17. The predicted molar refractivity (Wildman–Crippen MR) is 60.2 cm³/mol. The SMILES string of the molecule is O=C1C=CC(=O)C(c2cc(O)ccc2Cl)=C1. The van der Waals surface area contributed by atoms with E-state index in [4.69, 9.17) is 11.6 Å². The fraction of sp³-hybridized carbons (Fsp3) is 0. The number of phenolic OH excluding ortho intramolecular Hbond substituents is 1. The van der Waals surface area contributed by atoms with Crippen LogP contribution in [0.3, 0.4) is 0 Å². The molecule has 0 amide bonds. The molecule has 0 heterocycles. The molecule has 0 saturated carbocycles. The Morgan fingerprint density at radius 2 is 1.88 bits per heavy atom. The maximum Gasteiger partial charge on any atom is 0.186 e. The minimum Gasteiger partial charge on any atom is -0.508 e. The van der Waals surface area contributed by atoms with Crippen molar-refractivity contribution in [3.63, 3.8) is 0 Å². The van der Waals surface area contributed by atoms with Crippen LogP contribution in [0, 0.1) is 0 Å². The zero-order valence-electron chi connectivity index (χ0n) is 8.11. The van der Waals surface area contributed by atoms with Crippen molar-refractivity contribution in [3.8, 4) is 5.75 Å². The Kier molecular flexibility index (Phi) is 2.62. The molecule has 2 rings (SSSR count). The summed E-state index contributed by atoms with van der Waals surface area (Å²) in [7, 11) is 0. The second-order valence-corrected chi connectivity index (χ2v) is 3.73. The largest absolute Gasteiger partial charge is 0.508 e. The number of phenols is 1. The first-order valence-electron chi connectivity index (χ1n) is 4.55. The fourth-order valence-electron chi connectivity index (χ4n) is 1.44. The number of benzene rings is 1. The standard InChI is InChI=1S/C12H7ClO3/c13-11-3-1-7(14)5-9(11)10-6-8(15)2-4-12(10)16/h1-6,14H. The second-order valence-electron chi connectivity index (χ2n) is 3.32. The molecule has 0 fully saturated rings. The second kappa shape index (κ2) is 3.94. The van der Waals surface area contributed by atoms with Crippen molar-refractivity contribution in [1.29, 1.82) is 0 Å². The maximum atomic E-state index is 11.6. The monoisotopic (exact) mass is 234 g/mol. The van der Waals surface area contributed by atoms with E-state index in [1.54, 1.807) is 0 Å². The van der Waals surface area contributed by atoms with Crippen molar-refractivity contribution in [1.82, 2.24) is 0 Å². The summed E-state index contributed by atoms with van der Waals surface area (Å²) in [6.07, 6.45) is 3.60. The number of hydrogen-bond acceptors (Lipinski definition) is 3. The first-order valence-corrected chi connectivity index (χ1v) is 4.92. The van der Waals surface area contributed by atoms with E-state index in [-0.39, 0.29) is 22.9 Å². The Morgan fingerprint density at radius 1 is 1.12 bits per heavy atom. The number of allylic oxidation sites excluding steroid dienone is 4. The predicted octanol–water partition coefficient (Wildman–Crippen LogP) is 2.14. The molecule has 1 aromatic rings. The lowest BCUT2D eigenvalue weighted by atomic mass is 9.96. The molecule has 1 N–H and O–H groups in total. The molecule has 80 valence electrons. The molecule has 0 saturated heterocycles. The molecule has 16 heavy (non-hydrogen) atoms. The van der Waals surface area contributed by atoms with E-state index in [2.05, 4.69) is 0 Å². The molecular weight excluding hydrogens is 228 g/mol. The van der Waals surface area contributed by atoms with Crippen LogP contribution in [0.25, 0.3) is 5.57 Å². The van der Waals surface area contributed by atoms with Crippen molar-refractivity contribution >= 4 is 28.7 Å². The Morgan fingerprint density at radius 3 is 2.62 bits per heavy atom. The Labute approximate surface area is 96.7 Å². The zero-order chi connectivity index (χ0) is 11.7. The molecule has 4 heteroatoms. The lowest BCUT2D eigenvalue weighted by Gasteiger charge is -2.09. The minimum atomic E-state index is -0.299. The number of halogens is 1. The van der Waals surface area contributed by atoms with Gasteiger partial charge in [-0.3, -0.25) is 9.59 Å². The molecular formula is C12H7ClO3. The molecule has 0 atom stereocenters. The average Bonchev–Trinajstić information content (AvgIpc) is 2.25. The first kappa shape index (κ1) is 10.6. The van der Waals surface area contributed by atoms with Crippen molar-refractivity contribution < 1.29 is 14.7 Å². The Hall–Kier alpha value is -1.87. The molecule has 1 aliphatic carbocycles. The summed E-state index contributed by atoms with van der Waals surface area (Å²) in [6.45, 7) is 0. The van der Waals surface area contributed by atoms with Gasteiger partial charge >= 0.3 is 0 Å². The van der Waals surface area contributed by atoms with Crippen LogP contribution in [0.15, 0.2) is 36.4 Å². The molecule has 0 aliphatic heterocycles. The summed E-state index contributed by atoms with van der Waals surface area (Å²) >= 11 is 5.90. The van der Waals surface area contributed by atoms with E-state index in [0.29, 0.717) is 10.6 Å². The van der Waals surface area contributed by atoms with Gasteiger partial charge in [-0.15, -0.1) is 0 Å². The highest BCUT2D eigenvalue weighted by Crippen LogP contribution is 2.29. The van der Waals surface area contributed by atoms with Crippen LogP contribution in [0.4, 0.5) is 0 Å². The number of rotatable bonds is 1. The third kappa shape index (κ3) is 1.90. The van der Waals surface area contributed by atoms with Gasteiger partial charge in [0.25, 0.3) is 0 Å². The number of ketones is 2. The number of carbonyl (C=O) groups excluding carboxylic acids is 2. The quantitative estimate of drug-likeness (QED) is 0.758. The summed E-state index contributed by atoms with van der Waals surface area (Å²) < 4.78 is 0. The normalized spacial score (nSPS) is 15.2. The fourth-order valence-corrected chi connectivity index (χ4v) is 1.66. The lowest BCUT2D eigenvalue weighted by Crippen LogP contribution is -2.06. The number of aromatic hydroxyl groups is 1. The average molecular weight is 235 g/mol. The molecule has 3 nitrogen and oxygen atoms in total. The van der Waals surface area contributed by atoms with E-state index in [9.17, 15) is 14.7 Å². The van der Waals surface area contributed by atoms with Crippen molar-refractivity contribution in [2.45, 2.75) is 0 Å². The van der Waals surface area contributed by atoms with E-state index >= 15 is 0 Å². The highest BCUT2D eigenvalue weighted by atomic mass is 35.5. The third-order valence-corrected chi connectivity index (χ3v) is 2.52. The van der Waals surface area contributed by atoms with Gasteiger partial charge in [-0.25, -0.2) is 0 Å². The van der Waals surface area contributed by atoms with E-state index in [1.807, 2.05) is 0 Å². The van der Waals surface area contributed by atoms with Crippen molar-refractivity contribution in [3.05, 3.63) is 47.0 Å². The Balaban J connectivity index is 2.56. The van der Waals surface area contributed by atoms with E-state index in [1.165, 1.54) is 36.4 Å². The maximum absolute atomic E-state index is 11.6. The van der Waals surface area contributed by atoms with Gasteiger partial charge in [-0.2, -0.15) is 0 Å². The summed E-state index contributed by atoms with van der Waals surface area (Å²) in [6, 6.07) is 4.25. The molecule has 0 unspecified atom stereocenters. The van der Waals surface area contributed by atoms with Gasteiger partial charge in [0.2, 0.25) is 0 Å². The van der Waals surface area contributed by atoms with Gasteiger partial charge in [0.05, 0.1) is 0 Å². The van der Waals surface area contributed by atoms with Crippen LogP contribution in [-0.4, -0.2) is 16.7 Å². The lowest BCUT2D eigenvalue weighted by molar-refractivity contribution is -0.113. The summed E-state index contributed by atoms with van der Waals surface area (Å²) in [5, 5.41) is 9.64. The van der Waals surface area contributed by atoms with Crippen molar-refractivity contribution in [2.75, 3.05) is 0 Å². The van der Waals surface area contributed by atoms with Crippen LogP contribution in [0.2, 0.25) is 5.02 Å². The molecule has 0 spiro atoms. The number of hydrogen-bond donors (Lipinski definition) is 1. The van der Waals surface area contributed by atoms with Gasteiger partial charge in [-0.05, 0) is 36.4 Å². The van der Waals surface area contributed by atoms with Crippen LogP contribution in [0.5, 0.6) is 5.75 Å². The first-order chi connectivity index (χ1) is 7.58. The molecule has 0 bridgehead atoms. The Bertz CT molecular complexity index is 541. The summed E-state index contributed by atoms with van der Waals surface area (Å²) in [5.74, 6) is -0.573. The summed E-state index contributed by atoms with van der Waals surface area (Å²) in [5.41, 5.74) is 0.567. The highest BCUT2D eigenvalue weighted by molar-refractivity contribution is 6.39. The number of carbonyl (C=O) groups is 2. The van der Waals surface area contributed by atoms with Crippen LogP contribution < -0.4 is 0 Å². The van der Waals surface area contributed by atoms with Crippen LogP contribution in [0.1, 0.15) is 5.56 Å². The van der Waals surface area contributed by atoms with E-state index < -0.39 is 0 Å². The topological polar surface area (TPSA) is 54.4 Å². The van der Waals surface area contributed by atoms with E-state index in [0.717, 1.165) is 0 Å².